The van der Waals surface area contributed by atoms with E-state index in [4.69, 9.17) is 0 Å². The number of nitrogens with zero attached hydrogens (tertiary/aromatic N) is 2. The molecule has 0 fully saturated rings. The summed E-state index contributed by atoms with van der Waals surface area (Å²) < 4.78 is 4.89. The van der Waals surface area contributed by atoms with Crippen molar-refractivity contribution < 1.29 is 0 Å². The van der Waals surface area contributed by atoms with Crippen molar-refractivity contribution in [1.29, 1.82) is 0 Å². The third-order valence-electron chi connectivity index (χ3n) is 5.00. The molecule has 22 heavy (non-hydrogen) atoms. The van der Waals surface area contributed by atoms with Gasteiger partial charge in [-0.25, -0.2) is 0 Å². The van der Waals surface area contributed by atoms with Crippen molar-refractivity contribution in [3.63, 3.8) is 0 Å². The molecular formula is C19H43InN2. The Morgan fingerprint density at radius 1 is 0.727 bits per heavy atom. The second-order valence-corrected chi connectivity index (χ2v) is 17.5. The zero-order valence-electron chi connectivity index (χ0n) is 16.7. The predicted octanol–water partition coefficient (Wildman–Crippen LogP) is 5.13. The molecule has 0 aliphatic heterocycles. The van der Waals surface area contributed by atoms with Gasteiger partial charge in [-0.2, -0.15) is 0 Å². The molecule has 0 spiro atoms. The molecule has 0 radical (unpaired) electrons. The van der Waals surface area contributed by atoms with E-state index >= 15 is 0 Å². The monoisotopic (exact) mass is 414 g/mol. The fraction of sp³-hybridized carbons (Fsp3) is 1.00. The average Bonchev–Trinajstić information content (AvgIpc) is 2.45. The van der Waals surface area contributed by atoms with Crippen molar-refractivity contribution in [2.24, 2.45) is 0 Å². The Balaban J connectivity index is 4.02. The van der Waals surface area contributed by atoms with Crippen molar-refractivity contribution in [3.8, 4) is 0 Å². The molecule has 0 saturated heterocycles. The van der Waals surface area contributed by atoms with Gasteiger partial charge in [0, 0.05) is 0 Å². The molecule has 2 nitrogen and oxygen atoms in total. The molecule has 0 aromatic carbocycles. The van der Waals surface area contributed by atoms with Crippen LogP contribution in [-0.2, 0) is 0 Å². The SMILES string of the molecule is CCCN(CC[CH2][In]([CH2]CC)[CH2]CCN(C)C(C)C)C(C)C. The van der Waals surface area contributed by atoms with Crippen molar-refractivity contribution in [2.75, 3.05) is 26.7 Å². The van der Waals surface area contributed by atoms with Gasteiger partial charge in [0.25, 0.3) is 0 Å². The molecular weight excluding hydrogens is 371 g/mol. The third-order valence-corrected chi connectivity index (χ3v) is 16.0. The molecule has 0 N–H and O–H groups in total. The van der Waals surface area contributed by atoms with E-state index in [1.807, 2.05) is 0 Å². The van der Waals surface area contributed by atoms with Gasteiger partial charge < -0.3 is 0 Å². The maximum absolute atomic E-state index is 2.68. The van der Waals surface area contributed by atoms with Crippen LogP contribution in [0.25, 0.3) is 0 Å². The fourth-order valence-electron chi connectivity index (χ4n) is 3.23. The van der Waals surface area contributed by atoms with Gasteiger partial charge in [0.15, 0.2) is 0 Å². The summed E-state index contributed by atoms with van der Waals surface area (Å²) in [5, 5.41) is 0. The van der Waals surface area contributed by atoms with Crippen LogP contribution in [0.1, 0.15) is 67.2 Å². The van der Waals surface area contributed by atoms with E-state index in [0.29, 0.717) is 6.04 Å². The van der Waals surface area contributed by atoms with Crippen LogP contribution in [0.4, 0.5) is 0 Å². The van der Waals surface area contributed by atoms with Crippen LogP contribution in [0, 0.1) is 0 Å². The molecule has 0 aromatic rings. The second-order valence-electron chi connectivity index (χ2n) is 7.64. The molecule has 0 aromatic heterocycles. The summed E-state index contributed by atoms with van der Waals surface area (Å²) in [6.07, 6.45) is 5.65. The Morgan fingerprint density at radius 3 is 1.77 bits per heavy atom. The van der Waals surface area contributed by atoms with Gasteiger partial charge in [0.2, 0.25) is 0 Å². The molecule has 0 heterocycles. The fourth-order valence-corrected chi connectivity index (χ4v) is 12.4. The molecule has 0 amide bonds. The Labute approximate surface area is 149 Å². The van der Waals surface area contributed by atoms with Crippen molar-refractivity contribution in [3.05, 3.63) is 0 Å². The summed E-state index contributed by atoms with van der Waals surface area (Å²) in [7, 11) is 2.28. The topological polar surface area (TPSA) is 6.48 Å². The summed E-state index contributed by atoms with van der Waals surface area (Å²) >= 11 is -1.22. The summed E-state index contributed by atoms with van der Waals surface area (Å²) in [4.78, 5) is 5.19. The minimum absolute atomic E-state index is 0.702. The van der Waals surface area contributed by atoms with Gasteiger partial charge >= 0.3 is 150 Å². The van der Waals surface area contributed by atoms with E-state index in [0.717, 1.165) is 6.04 Å². The molecule has 0 bridgehead atoms. The van der Waals surface area contributed by atoms with Crippen LogP contribution in [-0.4, -0.2) is 70.0 Å². The first-order chi connectivity index (χ1) is 10.4. The zero-order chi connectivity index (χ0) is 17.0. The molecule has 0 unspecified atom stereocenters. The normalized spacial score (nSPS) is 12.1. The first-order valence-corrected chi connectivity index (χ1v) is 16.9. The van der Waals surface area contributed by atoms with E-state index in [2.05, 4.69) is 58.4 Å². The summed E-state index contributed by atoms with van der Waals surface area (Å²) in [6.45, 7) is 17.9. The molecule has 132 valence electrons. The van der Waals surface area contributed by atoms with E-state index in [1.54, 1.807) is 12.5 Å². The number of hydrogen-bond donors (Lipinski definition) is 0. The van der Waals surface area contributed by atoms with Crippen molar-refractivity contribution in [1.82, 2.24) is 9.80 Å². The third kappa shape index (κ3) is 11.3. The van der Waals surface area contributed by atoms with Gasteiger partial charge in [-0.05, 0) is 0 Å². The predicted molar refractivity (Wildman–Crippen MR) is 104 cm³/mol. The van der Waals surface area contributed by atoms with Gasteiger partial charge in [0.1, 0.15) is 0 Å². The van der Waals surface area contributed by atoms with E-state index in [9.17, 15) is 0 Å². The summed E-state index contributed by atoms with van der Waals surface area (Å²) in [5.74, 6) is 0. The quantitative estimate of drug-likeness (QED) is 0.389. The van der Waals surface area contributed by atoms with Crippen LogP contribution >= 0.6 is 0 Å². The second kappa shape index (κ2) is 14.2. The number of hydrogen-bond acceptors (Lipinski definition) is 2. The van der Waals surface area contributed by atoms with Crippen LogP contribution in [0.15, 0.2) is 0 Å². The van der Waals surface area contributed by atoms with Crippen molar-refractivity contribution >= 4 is 21.4 Å². The van der Waals surface area contributed by atoms with Crippen LogP contribution in [0.5, 0.6) is 0 Å². The van der Waals surface area contributed by atoms with Crippen molar-refractivity contribution in [2.45, 2.75) is 91.8 Å². The summed E-state index contributed by atoms with van der Waals surface area (Å²) in [5.41, 5.74) is 0. The molecule has 0 saturated carbocycles. The van der Waals surface area contributed by atoms with Gasteiger partial charge in [-0.1, -0.05) is 0 Å². The van der Waals surface area contributed by atoms with E-state index in [-0.39, 0.29) is 0 Å². The van der Waals surface area contributed by atoms with Crippen LogP contribution in [0.2, 0.25) is 12.5 Å². The zero-order valence-corrected chi connectivity index (χ0v) is 20.0. The Morgan fingerprint density at radius 2 is 1.32 bits per heavy atom. The van der Waals surface area contributed by atoms with Gasteiger partial charge in [-0.15, -0.1) is 0 Å². The van der Waals surface area contributed by atoms with Crippen LogP contribution < -0.4 is 0 Å². The molecule has 3 heteroatoms. The Kier molecular flexibility index (Phi) is 14.7. The van der Waals surface area contributed by atoms with Gasteiger partial charge in [0.05, 0.1) is 0 Å². The number of rotatable bonds is 14. The Hall–Kier alpha value is 0.790. The minimum atomic E-state index is -1.22. The van der Waals surface area contributed by atoms with Crippen LogP contribution in [0.3, 0.4) is 0 Å². The Bertz CT molecular complexity index is 244. The maximum atomic E-state index is 2.68. The van der Waals surface area contributed by atoms with Gasteiger partial charge in [-0.3, -0.25) is 0 Å². The summed E-state index contributed by atoms with van der Waals surface area (Å²) in [6, 6.07) is 1.42. The molecule has 0 aliphatic carbocycles. The van der Waals surface area contributed by atoms with E-state index in [1.165, 1.54) is 45.3 Å². The first kappa shape index (κ1) is 22.8. The molecule has 0 rings (SSSR count). The molecule has 0 aliphatic rings. The first-order valence-electron chi connectivity index (χ1n) is 9.86. The standard InChI is InChI=1S/C9H20N.C7H16N.C3H7.In/c1-5-7-10(8-6-2)9(3)4;1-5-6-8(4)7(2)3;1-3-2;/h9H,1,5-8H2,2-4H3;7H,1,5-6H2,2-4H3;1,3H2,2H3;. The van der Waals surface area contributed by atoms with E-state index < -0.39 is 21.4 Å². The average molecular weight is 414 g/mol. The molecule has 0 atom stereocenters.